The lowest BCUT2D eigenvalue weighted by Gasteiger charge is -2.43. The second-order valence-electron chi connectivity index (χ2n) is 7.71. The summed E-state index contributed by atoms with van der Waals surface area (Å²) < 4.78 is 43.9. The summed E-state index contributed by atoms with van der Waals surface area (Å²) in [7, 11) is 0. The predicted octanol–water partition coefficient (Wildman–Crippen LogP) is 2.66. The third-order valence-corrected chi connectivity index (χ3v) is 6.35. The molecule has 0 spiro atoms. The molecule has 4 rings (SSSR count). The number of aliphatic hydroxyl groups is 1. The predicted molar refractivity (Wildman–Crippen MR) is 94.9 cm³/mol. The number of rotatable bonds is 2. The van der Waals surface area contributed by atoms with Crippen molar-refractivity contribution in [1.29, 1.82) is 0 Å². The molecule has 150 valence electrons. The van der Waals surface area contributed by atoms with Crippen molar-refractivity contribution in [1.82, 2.24) is 9.88 Å². The van der Waals surface area contributed by atoms with Crippen LogP contribution in [0.25, 0.3) is 0 Å². The molecule has 27 heavy (non-hydrogen) atoms. The van der Waals surface area contributed by atoms with E-state index in [4.69, 9.17) is 16.3 Å². The van der Waals surface area contributed by atoms with Crippen LogP contribution in [0.15, 0.2) is 12.3 Å². The molecule has 0 unspecified atom stereocenters. The zero-order valence-electron chi connectivity index (χ0n) is 14.8. The molecule has 9 heteroatoms. The zero-order chi connectivity index (χ0) is 19.2. The minimum atomic E-state index is -4.45. The fraction of sp³-hybridized carbons (Fsp3) is 0.722. The van der Waals surface area contributed by atoms with E-state index in [-0.39, 0.29) is 17.2 Å². The first-order valence-electron chi connectivity index (χ1n) is 9.30. The third-order valence-electron chi connectivity index (χ3n) is 6.07. The summed E-state index contributed by atoms with van der Waals surface area (Å²) in [5.74, 6) is 1.08. The number of aliphatic hydroxyl groups excluding tert-OH is 1. The first-order chi connectivity index (χ1) is 12.8. The summed E-state index contributed by atoms with van der Waals surface area (Å²) in [5, 5.41) is 10.7. The molecule has 3 aliphatic rings. The van der Waals surface area contributed by atoms with Crippen LogP contribution in [0.2, 0.25) is 5.02 Å². The Morgan fingerprint density at radius 2 is 1.81 bits per heavy atom. The van der Waals surface area contributed by atoms with Crippen molar-refractivity contribution in [2.24, 2.45) is 11.8 Å². The van der Waals surface area contributed by atoms with E-state index >= 15 is 0 Å². The van der Waals surface area contributed by atoms with Gasteiger partial charge in [-0.05, 0) is 30.7 Å². The molecule has 0 bridgehead atoms. The van der Waals surface area contributed by atoms with Gasteiger partial charge in [-0.25, -0.2) is 4.98 Å². The number of ether oxygens (including phenoxy) is 1. The number of alkyl halides is 3. The van der Waals surface area contributed by atoms with E-state index in [0.29, 0.717) is 50.4 Å². The molecule has 3 fully saturated rings. The van der Waals surface area contributed by atoms with Crippen molar-refractivity contribution in [2.45, 2.75) is 31.2 Å². The van der Waals surface area contributed by atoms with E-state index in [1.54, 1.807) is 0 Å². The van der Waals surface area contributed by atoms with Crippen LogP contribution in [0.4, 0.5) is 19.0 Å². The second-order valence-corrected chi connectivity index (χ2v) is 8.11. The summed E-state index contributed by atoms with van der Waals surface area (Å²) >= 11 is 6.12. The van der Waals surface area contributed by atoms with Crippen LogP contribution >= 0.6 is 11.6 Å². The molecule has 1 aromatic rings. The molecule has 1 saturated carbocycles. The summed E-state index contributed by atoms with van der Waals surface area (Å²) in [6, 6.07) is 1.06. The molecule has 3 heterocycles. The standard InChI is InChI=1S/C18H23ClF3N3O2/c19-14-7-13(18(20,21)22)8-23-17(14)25-9-11-5-15(16(26)6-12(11)10-25)24-1-3-27-4-2-24/h7-8,11-12,15-16,26H,1-6,9-10H2/t11-,12+,15-,16-/m1/s1. The van der Waals surface area contributed by atoms with Gasteiger partial charge in [-0.1, -0.05) is 11.6 Å². The topological polar surface area (TPSA) is 48.8 Å². The monoisotopic (exact) mass is 405 g/mol. The van der Waals surface area contributed by atoms with Crippen molar-refractivity contribution in [3.8, 4) is 0 Å². The molecule has 1 aliphatic carbocycles. The average molecular weight is 406 g/mol. The molecular formula is C18H23ClF3N3O2. The first-order valence-corrected chi connectivity index (χ1v) is 9.68. The molecule has 2 saturated heterocycles. The van der Waals surface area contributed by atoms with Gasteiger partial charge < -0.3 is 14.7 Å². The van der Waals surface area contributed by atoms with E-state index in [2.05, 4.69) is 9.88 Å². The summed E-state index contributed by atoms with van der Waals surface area (Å²) in [5.41, 5.74) is -0.837. The number of aromatic nitrogens is 1. The first kappa shape index (κ1) is 19.2. The Kier molecular flexibility index (Phi) is 5.26. The smallest absolute Gasteiger partial charge is 0.391 e. The molecule has 1 N–H and O–H groups in total. The Labute approximate surface area is 161 Å². The molecule has 0 radical (unpaired) electrons. The second kappa shape index (κ2) is 7.39. The van der Waals surface area contributed by atoms with Crippen LogP contribution in [0.3, 0.4) is 0 Å². The molecule has 2 aliphatic heterocycles. The van der Waals surface area contributed by atoms with Crippen LogP contribution in [0, 0.1) is 11.8 Å². The van der Waals surface area contributed by atoms with Gasteiger partial charge in [-0.2, -0.15) is 13.2 Å². The highest BCUT2D eigenvalue weighted by Gasteiger charge is 2.44. The van der Waals surface area contributed by atoms with Crippen molar-refractivity contribution < 1.29 is 23.0 Å². The van der Waals surface area contributed by atoms with Crippen LogP contribution in [0.5, 0.6) is 0 Å². The Morgan fingerprint density at radius 3 is 2.44 bits per heavy atom. The molecule has 0 amide bonds. The van der Waals surface area contributed by atoms with Gasteiger partial charge in [0.2, 0.25) is 0 Å². The highest BCUT2D eigenvalue weighted by Crippen LogP contribution is 2.41. The molecular weight excluding hydrogens is 383 g/mol. The minimum absolute atomic E-state index is 0.0220. The number of anilines is 1. The number of nitrogens with zero attached hydrogens (tertiary/aromatic N) is 3. The van der Waals surface area contributed by atoms with E-state index in [1.165, 1.54) is 0 Å². The maximum Gasteiger partial charge on any atom is 0.417 e. The van der Waals surface area contributed by atoms with E-state index in [1.807, 2.05) is 4.90 Å². The molecule has 1 aromatic heterocycles. The summed E-state index contributed by atoms with van der Waals surface area (Å²) in [6.07, 6.45) is -2.43. The lowest BCUT2D eigenvalue weighted by atomic mass is 9.77. The van der Waals surface area contributed by atoms with E-state index in [0.717, 1.165) is 31.8 Å². The van der Waals surface area contributed by atoms with Crippen LogP contribution in [-0.4, -0.2) is 66.5 Å². The van der Waals surface area contributed by atoms with E-state index < -0.39 is 11.7 Å². The number of hydrogen-bond donors (Lipinski definition) is 1. The quantitative estimate of drug-likeness (QED) is 0.819. The minimum Gasteiger partial charge on any atom is -0.391 e. The fourth-order valence-corrected chi connectivity index (χ4v) is 4.99. The maximum atomic E-state index is 12.8. The zero-order valence-corrected chi connectivity index (χ0v) is 15.6. The van der Waals surface area contributed by atoms with Gasteiger partial charge in [0.15, 0.2) is 0 Å². The molecule has 4 atom stereocenters. The van der Waals surface area contributed by atoms with Gasteiger partial charge in [0.1, 0.15) is 5.82 Å². The Bertz CT molecular complexity index is 684. The van der Waals surface area contributed by atoms with Gasteiger partial charge in [-0.3, -0.25) is 4.90 Å². The average Bonchev–Trinajstić information content (AvgIpc) is 3.03. The van der Waals surface area contributed by atoms with Gasteiger partial charge in [0.25, 0.3) is 0 Å². The van der Waals surface area contributed by atoms with Crippen molar-refractivity contribution >= 4 is 17.4 Å². The normalized spacial score (nSPS) is 32.6. The highest BCUT2D eigenvalue weighted by molar-refractivity contribution is 6.33. The van der Waals surface area contributed by atoms with Gasteiger partial charge in [0, 0.05) is 38.4 Å². The largest absolute Gasteiger partial charge is 0.417 e. The van der Waals surface area contributed by atoms with Crippen molar-refractivity contribution in [2.75, 3.05) is 44.3 Å². The van der Waals surface area contributed by atoms with E-state index in [9.17, 15) is 18.3 Å². The van der Waals surface area contributed by atoms with Crippen LogP contribution in [0.1, 0.15) is 18.4 Å². The third kappa shape index (κ3) is 3.90. The lowest BCUT2D eigenvalue weighted by Crippen LogP contribution is -2.53. The lowest BCUT2D eigenvalue weighted by molar-refractivity contribution is -0.137. The maximum absolute atomic E-state index is 12.8. The van der Waals surface area contributed by atoms with Crippen LogP contribution in [-0.2, 0) is 10.9 Å². The fourth-order valence-electron chi connectivity index (χ4n) is 4.70. The molecule has 5 nitrogen and oxygen atoms in total. The Hall–Kier alpha value is -1.09. The summed E-state index contributed by atoms with van der Waals surface area (Å²) in [6.45, 7) is 4.40. The number of halogens is 4. The Balaban J connectivity index is 1.47. The number of hydrogen-bond acceptors (Lipinski definition) is 5. The van der Waals surface area contributed by atoms with Gasteiger partial charge in [-0.15, -0.1) is 0 Å². The SMILES string of the molecule is O[C@@H]1C[C@H]2CN(c3ncc(C(F)(F)F)cc3Cl)C[C@H]2C[C@H]1N1CCOCC1. The van der Waals surface area contributed by atoms with Gasteiger partial charge in [0.05, 0.1) is 29.9 Å². The highest BCUT2D eigenvalue weighted by atomic mass is 35.5. The van der Waals surface area contributed by atoms with Crippen molar-refractivity contribution in [3.63, 3.8) is 0 Å². The van der Waals surface area contributed by atoms with Crippen LogP contribution < -0.4 is 4.90 Å². The van der Waals surface area contributed by atoms with Crippen molar-refractivity contribution in [3.05, 3.63) is 22.8 Å². The number of morpholine rings is 1. The number of fused-ring (bicyclic) bond motifs is 1. The Morgan fingerprint density at radius 1 is 1.15 bits per heavy atom. The summed E-state index contributed by atoms with van der Waals surface area (Å²) in [4.78, 5) is 8.26. The molecule has 0 aromatic carbocycles. The number of pyridine rings is 1. The van der Waals surface area contributed by atoms with Gasteiger partial charge >= 0.3 is 6.18 Å².